The van der Waals surface area contributed by atoms with Gasteiger partial charge in [-0.3, -0.25) is 4.79 Å². The van der Waals surface area contributed by atoms with Crippen molar-refractivity contribution in [3.05, 3.63) is 69.4 Å². The molecule has 0 fully saturated rings. The van der Waals surface area contributed by atoms with Crippen LogP contribution in [0.5, 0.6) is 0 Å². The first-order valence-corrected chi connectivity index (χ1v) is 7.16. The largest absolute Gasteiger partial charge is 0.452 e. The number of carbonyl (C=O) groups excluding carboxylic acids is 1. The van der Waals surface area contributed by atoms with Crippen molar-refractivity contribution >= 4 is 32.7 Å². The Labute approximate surface area is 125 Å². The van der Waals surface area contributed by atoms with Crippen molar-refractivity contribution in [1.82, 2.24) is 0 Å². The SMILES string of the molecule is Cc1ccccc1C(=O)c1oc2ccc(Br)cc2c1C. The molecular weight excluding hydrogens is 316 g/mol. The van der Waals surface area contributed by atoms with E-state index in [1.165, 1.54) is 0 Å². The van der Waals surface area contributed by atoms with Gasteiger partial charge in [0.2, 0.25) is 5.78 Å². The molecule has 1 heterocycles. The molecule has 0 aliphatic rings. The third-order valence-corrected chi connectivity index (χ3v) is 3.99. The summed E-state index contributed by atoms with van der Waals surface area (Å²) in [5.41, 5.74) is 3.27. The molecule has 0 atom stereocenters. The normalized spacial score (nSPS) is 10.9. The second-order valence-electron chi connectivity index (χ2n) is 4.84. The summed E-state index contributed by atoms with van der Waals surface area (Å²) in [6.45, 7) is 3.85. The quantitative estimate of drug-likeness (QED) is 0.616. The van der Waals surface area contributed by atoms with Gasteiger partial charge in [0, 0.05) is 21.0 Å². The van der Waals surface area contributed by atoms with Crippen LogP contribution in [-0.2, 0) is 0 Å². The van der Waals surface area contributed by atoms with Gasteiger partial charge in [-0.05, 0) is 37.6 Å². The summed E-state index contributed by atoms with van der Waals surface area (Å²) in [6.07, 6.45) is 0. The summed E-state index contributed by atoms with van der Waals surface area (Å²) in [4.78, 5) is 12.6. The van der Waals surface area contributed by atoms with Crippen molar-refractivity contribution < 1.29 is 9.21 Å². The number of hydrogen-bond donors (Lipinski definition) is 0. The monoisotopic (exact) mass is 328 g/mol. The molecule has 3 heteroatoms. The first kappa shape index (κ1) is 13.1. The molecule has 3 rings (SSSR count). The number of carbonyl (C=O) groups is 1. The third-order valence-electron chi connectivity index (χ3n) is 3.49. The number of hydrogen-bond acceptors (Lipinski definition) is 2. The predicted molar refractivity (Wildman–Crippen MR) is 83.3 cm³/mol. The van der Waals surface area contributed by atoms with E-state index < -0.39 is 0 Å². The Kier molecular flexibility index (Phi) is 3.22. The van der Waals surface area contributed by atoms with Crippen LogP contribution in [0.25, 0.3) is 11.0 Å². The fourth-order valence-corrected chi connectivity index (χ4v) is 2.72. The molecule has 0 N–H and O–H groups in total. The van der Waals surface area contributed by atoms with Crippen molar-refractivity contribution in [3.8, 4) is 0 Å². The molecule has 0 spiro atoms. The number of halogens is 1. The zero-order valence-electron chi connectivity index (χ0n) is 11.2. The maximum Gasteiger partial charge on any atom is 0.228 e. The minimum absolute atomic E-state index is 0.0621. The van der Waals surface area contributed by atoms with Crippen LogP contribution in [-0.4, -0.2) is 5.78 Å². The van der Waals surface area contributed by atoms with E-state index in [0.29, 0.717) is 11.3 Å². The molecule has 0 unspecified atom stereocenters. The Bertz CT molecular complexity index is 815. The summed E-state index contributed by atoms with van der Waals surface area (Å²) in [5, 5.41) is 0.969. The second kappa shape index (κ2) is 4.91. The van der Waals surface area contributed by atoms with E-state index in [1.54, 1.807) is 0 Å². The molecule has 0 saturated heterocycles. The van der Waals surface area contributed by atoms with Gasteiger partial charge in [-0.2, -0.15) is 0 Å². The van der Waals surface area contributed by atoms with Crippen LogP contribution >= 0.6 is 15.9 Å². The third kappa shape index (κ3) is 2.08. The van der Waals surface area contributed by atoms with Crippen molar-refractivity contribution in [2.24, 2.45) is 0 Å². The van der Waals surface area contributed by atoms with E-state index >= 15 is 0 Å². The smallest absolute Gasteiger partial charge is 0.228 e. The predicted octanol–water partition coefficient (Wildman–Crippen LogP) is 5.04. The van der Waals surface area contributed by atoms with Crippen molar-refractivity contribution in [2.45, 2.75) is 13.8 Å². The zero-order valence-corrected chi connectivity index (χ0v) is 12.8. The molecule has 2 nitrogen and oxygen atoms in total. The average molecular weight is 329 g/mol. The van der Waals surface area contributed by atoms with Gasteiger partial charge in [-0.15, -0.1) is 0 Å². The van der Waals surface area contributed by atoms with Crippen LogP contribution in [0.3, 0.4) is 0 Å². The Hall–Kier alpha value is -1.87. The lowest BCUT2D eigenvalue weighted by Gasteiger charge is -2.02. The lowest BCUT2D eigenvalue weighted by molar-refractivity contribution is 0.101. The van der Waals surface area contributed by atoms with Gasteiger partial charge in [0.05, 0.1) is 0 Å². The summed E-state index contributed by atoms with van der Waals surface area (Å²) in [6, 6.07) is 13.3. The number of aryl methyl sites for hydroxylation is 2. The molecule has 0 bridgehead atoms. The lowest BCUT2D eigenvalue weighted by atomic mass is 10.0. The molecule has 100 valence electrons. The van der Waals surface area contributed by atoms with E-state index in [0.717, 1.165) is 26.6 Å². The molecular formula is C17H13BrO2. The Morgan fingerprint density at radius 3 is 2.60 bits per heavy atom. The standard InChI is InChI=1S/C17H13BrO2/c1-10-5-3-4-6-13(10)16(19)17-11(2)14-9-12(18)7-8-15(14)20-17/h3-9H,1-2H3. The molecule has 0 saturated carbocycles. The van der Waals surface area contributed by atoms with Gasteiger partial charge in [0.15, 0.2) is 5.76 Å². The van der Waals surface area contributed by atoms with Gasteiger partial charge in [0.1, 0.15) is 5.58 Å². The second-order valence-corrected chi connectivity index (χ2v) is 5.76. The number of rotatable bonds is 2. The molecule has 20 heavy (non-hydrogen) atoms. The highest BCUT2D eigenvalue weighted by Crippen LogP contribution is 2.29. The fourth-order valence-electron chi connectivity index (χ4n) is 2.36. The van der Waals surface area contributed by atoms with Gasteiger partial charge in [-0.25, -0.2) is 0 Å². The van der Waals surface area contributed by atoms with Crippen LogP contribution < -0.4 is 0 Å². The topological polar surface area (TPSA) is 30.2 Å². The van der Waals surface area contributed by atoms with Gasteiger partial charge >= 0.3 is 0 Å². The summed E-state index contributed by atoms with van der Waals surface area (Å²) >= 11 is 3.44. The van der Waals surface area contributed by atoms with Crippen LogP contribution in [0.2, 0.25) is 0 Å². The minimum atomic E-state index is -0.0621. The first-order chi connectivity index (χ1) is 9.58. The van der Waals surface area contributed by atoms with Crippen molar-refractivity contribution in [3.63, 3.8) is 0 Å². The molecule has 0 aliphatic heterocycles. The average Bonchev–Trinajstić information content (AvgIpc) is 2.76. The maximum absolute atomic E-state index is 12.6. The van der Waals surface area contributed by atoms with Crippen LogP contribution in [0, 0.1) is 13.8 Å². The fraction of sp³-hybridized carbons (Fsp3) is 0.118. The molecule has 2 aromatic carbocycles. The number of furan rings is 1. The summed E-state index contributed by atoms with van der Waals surface area (Å²) < 4.78 is 6.73. The minimum Gasteiger partial charge on any atom is -0.452 e. The molecule has 0 amide bonds. The van der Waals surface area contributed by atoms with Gasteiger partial charge in [0.25, 0.3) is 0 Å². The highest BCUT2D eigenvalue weighted by molar-refractivity contribution is 9.10. The van der Waals surface area contributed by atoms with Gasteiger partial charge in [-0.1, -0.05) is 40.2 Å². The number of fused-ring (bicyclic) bond motifs is 1. The van der Waals surface area contributed by atoms with E-state index in [4.69, 9.17) is 4.42 Å². The van der Waals surface area contributed by atoms with Crippen LogP contribution in [0.1, 0.15) is 27.2 Å². The number of benzene rings is 2. The summed E-state index contributed by atoms with van der Waals surface area (Å²) in [7, 11) is 0. The van der Waals surface area contributed by atoms with E-state index in [1.807, 2.05) is 56.3 Å². The van der Waals surface area contributed by atoms with Gasteiger partial charge < -0.3 is 4.42 Å². The Morgan fingerprint density at radius 2 is 1.85 bits per heavy atom. The zero-order chi connectivity index (χ0) is 14.3. The highest BCUT2D eigenvalue weighted by Gasteiger charge is 2.20. The van der Waals surface area contributed by atoms with E-state index in [-0.39, 0.29) is 5.78 Å². The Morgan fingerprint density at radius 1 is 1.10 bits per heavy atom. The highest BCUT2D eigenvalue weighted by atomic mass is 79.9. The molecule has 1 aromatic heterocycles. The molecule has 3 aromatic rings. The maximum atomic E-state index is 12.6. The van der Waals surface area contributed by atoms with E-state index in [2.05, 4.69) is 15.9 Å². The van der Waals surface area contributed by atoms with Crippen molar-refractivity contribution in [2.75, 3.05) is 0 Å². The molecule has 0 radical (unpaired) electrons. The Balaban J connectivity index is 2.18. The van der Waals surface area contributed by atoms with Crippen LogP contribution in [0.15, 0.2) is 51.4 Å². The van der Waals surface area contributed by atoms with E-state index in [9.17, 15) is 4.79 Å². The molecule has 0 aliphatic carbocycles. The van der Waals surface area contributed by atoms with Crippen LogP contribution in [0.4, 0.5) is 0 Å². The summed E-state index contributed by atoms with van der Waals surface area (Å²) in [5.74, 6) is 0.361. The van der Waals surface area contributed by atoms with Crippen molar-refractivity contribution in [1.29, 1.82) is 0 Å². The first-order valence-electron chi connectivity index (χ1n) is 6.37. The number of ketones is 1. The lowest BCUT2D eigenvalue weighted by Crippen LogP contribution is -2.03.